The van der Waals surface area contributed by atoms with Crippen LogP contribution < -0.4 is 5.32 Å². The second-order valence-electron chi connectivity index (χ2n) is 3.48. The maximum atomic E-state index is 11.1. The van der Waals surface area contributed by atoms with Crippen molar-refractivity contribution in [3.63, 3.8) is 0 Å². The van der Waals surface area contributed by atoms with E-state index < -0.39 is 6.16 Å². The van der Waals surface area contributed by atoms with E-state index in [1.54, 1.807) is 6.92 Å². The van der Waals surface area contributed by atoms with Crippen LogP contribution in [0.3, 0.4) is 0 Å². The Balaban J connectivity index is 2.36. The monoisotopic (exact) mass is 187 g/mol. The Morgan fingerprint density at radius 3 is 2.62 bits per heavy atom. The largest absolute Gasteiger partial charge is 0.508 e. The predicted octanol–water partition coefficient (Wildman–Crippen LogP) is 1.30. The molecule has 76 valence electrons. The molecule has 1 fully saturated rings. The minimum absolute atomic E-state index is 0.336. The van der Waals surface area contributed by atoms with Crippen LogP contribution in [0.25, 0.3) is 0 Å². The molecule has 1 N–H and O–H groups in total. The zero-order valence-electron chi connectivity index (χ0n) is 8.26. The van der Waals surface area contributed by atoms with E-state index in [-0.39, 0.29) is 5.60 Å². The Morgan fingerprint density at radius 2 is 2.08 bits per heavy atom. The lowest BCUT2D eigenvalue weighted by molar-refractivity contribution is -0.0389. The van der Waals surface area contributed by atoms with Gasteiger partial charge in [-0.05, 0) is 39.8 Å². The van der Waals surface area contributed by atoms with Gasteiger partial charge in [-0.15, -0.1) is 0 Å². The summed E-state index contributed by atoms with van der Waals surface area (Å²) in [6.45, 7) is 5.88. The molecule has 1 aliphatic heterocycles. The molecule has 0 aromatic heterocycles. The highest BCUT2D eigenvalue weighted by atomic mass is 16.7. The molecule has 4 nitrogen and oxygen atoms in total. The Hall–Kier alpha value is -0.770. The second-order valence-corrected chi connectivity index (χ2v) is 3.48. The first-order chi connectivity index (χ1) is 6.16. The van der Waals surface area contributed by atoms with Gasteiger partial charge in [0.2, 0.25) is 0 Å². The maximum absolute atomic E-state index is 11.1. The Morgan fingerprint density at radius 1 is 1.46 bits per heavy atom. The summed E-state index contributed by atoms with van der Waals surface area (Å²) in [5.41, 5.74) is -0.336. The average molecular weight is 187 g/mol. The van der Waals surface area contributed by atoms with E-state index in [1.807, 2.05) is 6.92 Å². The highest BCUT2D eigenvalue weighted by molar-refractivity contribution is 5.60. The number of rotatable bonds is 2. The number of hydrogen-bond acceptors (Lipinski definition) is 4. The van der Waals surface area contributed by atoms with Crippen molar-refractivity contribution in [2.24, 2.45) is 0 Å². The third-order valence-corrected chi connectivity index (χ3v) is 2.25. The summed E-state index contributed by atoms with van der Waals surface area (Å²) in [5, 5.41) is 3.21. The molecule has 0 spiro atoms. The molecule has 0 aromatic carbocycles. The van der Waals surface area contributed by atoms with E-state index >= 15 is 0 Å². The first-order valence-electron chi connectivity index (χ1n) is 4.73. The average Bonchev–Trinajstić information content (AvgIpc) is 2.04. The van der Waals surface area contributed by atoms with Gasteiger partial charge in [0.25, 0.3) is 0 Å². The first kappa shape index (κ1) is 10.3. The number of carbonyl (C=O) groups is 1. The SMILES string of the molecule is CCOC(=O)OC1(C)CCNCC1. The van der Waals surface area contributed by atoms with Gasteiger partial charge in [-0.2, -0.15) is 0 Å². The lowest BCUT2D eigenvalue weighted by Crippen LogP contribution is -2.43. The molecular formula is C9H17NO3. The molecule has 13 heavy (non-hydrogen) atoms. The van der Waals surface area contributed by atoms with Gasteiger partial charge >= 0.3 is 6.16 Å². The van der Waals surface area contributed by atoms with E-state index in [9.17, 15) is 4.79 Å². The van der Waals surface area contributed by atoms with Crippen LogP contribution in [-0.4, -0.2) is 31.5 Å². The van der Waals surface area contributed by atoms with Crippen LogP contribution in [0.4, 0.5) is 4.79 Å². The predicted molar refractivity (Wildman–Crippen MR) is 48.6 cm³/mol. The number of carbonyl (C=O) groups excluding carboxylic acids is 1. The summed E-state index contributed by atoms with van der Waals surface area (Å²) in [5.74, 6) is 0. The second kappa shape index (κ2) is 4.46. The zero-order valence-corrected chi connectivity index (χ0v) is 8.26. The minimum atomic E-state index is -0.549. The molecule has 0 saturated carbocycles. The van der Waals surface area contributed by atoms with E-state index in [2.05, 4.69) is 5.32 Å². The van der Waals surface area contributed by atoms with Crippen LogP contribution in [0, 0.1) is 0 Å². The van der Waals surface area contributed by atoms with E-state index in [4.69, 9.17) is 9.47 Å². The van der Waals surface area contributed by atoms with Crippen molar-refractivity contribution < 1.29 is 14.3 Å². The zero-order chi connectivity index (χ0) is 9.73. The summed E-state index contributed by atoms with van der Waals surface area (Å²) < 4.78 is 9.95. The van der Waals surface area contributed by atoms with Gasteiger partial charge in [-0.25, -0.2) is 4.79 Å². The van der Waals surface area contributed by atoms with Gasteiger partial charge in [-0.3, -0.25) is 0 Å². The Kier molecular flexibility index (Phi) is 3.54. The molecule has 0 unspecified atom stereocenters. The van der Waals surface area contributed by atoms with Gasteiger partial charge in [-0.1, -0.05) is 0 Å². The van der Waals surface area contributed by atoms with Crippen molar-refractivity contribution in [3.8, 4) is 0 Å². The molecule has 0 amide bonds. The topological polar surface area (TPSA) is 47.6 Å². The normalized spacial score (nSPS) is 20.8. The van der Waals surface area contributed by atoms with Gasteiger partial charge in [0, 0.05) is 0 Å². The molecule has 1 aliphatic rings. The van der Waals surface area contributed by atoms with Crippen molar-refractivity contribution in [3.05, 3.63) is 0 Å². The number of piperidine rings is 1. The van der Waals surface area contributed by atoms with Crippen molar-refractivity contribution >= 4 is 6.16 Å². The summed E-state index contributed by atoms with van der Waals surface area (Å²) in [7, 11) is 0. The molecule has 0 aromatic rings. The fourth-order valence-electron chi connectivity index (χ4n) is 1.41. The van der Waals surface area contributed by atoms with Crippen LogP contribution in [0.2, 0.25) is 0 Å². The molecule has 0 radical (unpaired) electrons. The van der Waals surface area contributed by atoms with Crippen molar-refractivity contribution in [1.82, 2.24) is 5.32 Å². The van der Waals surface area contributed by atoms with Crippen LogP contribution in [-0.2, 0) is 9.47 Å². The van der Waals surface area contributed by atoms with Crippen molar-refractivity contribution in [1.29, 1.82) is 0 Å². The van der Waals surface area contributed by atoms with E-state index in [1.165, 1.54) is 0 Å². The summed E-state index contributed by atoms with van der Waals surface area (Å²) in [6, 6.07) is 0. The van der Waals surface area contributed by atoms with Gasteiger partial charge in [0.05, 0.1) is 6.61 Å². The molecule has 0 aliphatic carbocycles. The summed E-state index contributed by atoms with van der Waals surface area (Å²) in [4.78, 5) is 11.1. The lowest BCUT2D eigenvalue weighted by Gasteiger charge is -2.32. The molecule has 0 bridgehead atoms. The van der Waals surface area contributed by atoms with Crippen LogP contribution in [0.15, 0.2) is 0 Å². The third-order valence-electron chi connectivity index (χ3n) is 2.25. The molecular weight excluding hydrogens is 170 g/mol. The lowest BCUT2D eigenvalue weighted by atomic mass is 9.95. The fraction of sp³-hybridized carbons (Fsp3) is 0.889. The van der Waals surface area contributed by atoms with Crippen molar-refractivity contribution in [2.75, 3.05) is 19.7 Å². The van der Waals surface area contributed by atoms with Crippen LogP contribution >= 0.6 is 0 Å². The molecule has 1 rings (SSSR count). The molecule has 1 heterocycles. The molecule has 1 saturated heterocycles. The van der Waals surface area contributed by atoms with E-state index in [0.29, 0.717) is 6.61 Å². The van der Waals surface area contributed by atoms with Gasteiger partial charge in [0.15, 0.2) is 0 Å². The van der Waals surface area contributed by atoms with Gasteiger partial charge in [0.1, 0.15) is 5.60 Å². The van der Waals surface area contributed by atoms with E-state index in [0.717, 1.165) is 25.9 Å². The quantitative estimate of drug-likeness (QED) is 0.662. The highest BCUT2D eigenvalue weighted by Crippen LogP contribution is 2.22. The summed E-state index contributed by atoms with van der Waals surface area (Å²) in [6.07, 6.45) is 1.16. The number of ether oxygens (including phenoxy) is 2. The Labute approximate surface area is 78.6 Å². The van der Waals surface area contributed by atoms with Crippen molar-refractivity contribution in [2.45, 2.75) is 32.3 Å². The first-order valence-corrected chi connectivity index (χ1v) is 4.73. The summed E-state index contributed by atoms with van der Waals surface area (Å²) >= 11 is 0. The smallest absolute Gasteiger partial charge is 0.435 e. The Bertz CT molecular complexity index is 176. The van der Waals surface area contributed by atoms with Gasteiger partial charge < -0.3 is 14.8 Å². The third kappa shape index (κ3) is 3.22. The number of nitrogens with one attached hydrogen (secondary N) is 1. The molecule has 4 heteroatoms. The minimum Gasteiger partial charge on any atom is -0.435 e. The number of hydrogen-bond donors (Lipinski definition) is 1. The highest BCUT2D eigenvalue weighted by Gasteiger charge is 2.31. The van der Waals surface area contributed by atoms with Crippen LogP contribution in [0.5, 0.6) is 0 Å². The van der Waals surface area contributed by atoms with Crippen LogP contribution in [0.1, 0.15) is 26.7 Å². The fourth-order valence-corrected chi connectivity index (χ4v) is 1.41. The molecule has 0 atom stereocenters. The standard InChI is InChI=1S/C9H17NO3/c1-3-12-8(11)13-9(2)4-6-10-7-5-9/h10H,3-7H2,1-2H3. The maximum Gasteiger partial charge on any atom is 0.508 e.